The molecule has 3 N–H and O–H groups in total. The molecule has 1 unspecified atom stereocenters. The monoisotopic (exact) mass is 222 g/mol. The SMILES string of the molecule is CC(C(=O)O)S(=O)(=O)N1CC[C@H](N)C1. The number of aliphatic carboxylic acids is 1. The first kappa shape index (κ1) is 11.4. The molecule has 1 fully saturated rings. The number of carboxylic acids is 1. The first-order chi connectivity index (χ1) is 6.35. The highest BCUT2D eigenvalue weighted by molar-refractivity contribution is 7.90. The molecule has 0 spiro atoms. The largest absolute Gasteiger partial charge is 0.480 e. The molecule has 1 heterocycles. The number of hydrogen-bond acceptors (Lipinski definition) is 4. The number of nitrogens with zero attached hydrogens (tertiary/aromatic N) is 1. The van der Waals surface area contributed by atoms with Gasteiger partial charge in [-0.2, -0.15) is 4.31 Å². The minimum Gasteiger partial charge on any atom is -0.480 e. The molecule has 82 valence electrons. The summed E-state index contributed by atoms with van der Waals surface area (Å²) in [5.41, 5.74) is 5.54. The van der Waals surface area contributed by atoms with Crippen molar-refractivity contribution < 1.29 is 18.3 Å². The highest BCUT2D eigenvalue weighted by Gasteiger charge is 2.37. The van der Waals surface area contributed by atoms with Gasteiger partial charge in [-0.1, -0.05) is 0 Å². The Morgan fingerprint density at radius 3 is 2.57 bits per heavy atom. The summed E-state index contributed by atoms with van der Waals surface area (Å²) in [5, 5.41) is 7.21. The summed E-state index contributed by atoms with van der Waals surface area (Å²) in [4.78, 5) is 10.5. The minimum absolute atomic E-state index is 0.175. The van der Waals surface area contributed by atoms with E-state index < -0.39 is 21.2 Å². The van der Waals surface area contributed by atoms with E-state index in [1.807, 2.05) is 0 Å². The van der Waals surface area contributed by atoms with Gasteiger partial charge in [0.25, 0.3) is 0 Å². The Balaban J connectivity index is 2.81. The molecule has 0 aromatic carbocycles. The minimum atomic E-state index is -3.72. The van der Waals surface area contributed by atoms with E-state index in [2.05, 4.69) is 0 Å². The third-order valence-electron chi connectivity index (χ3n) is 2.34. The molecule has 0 aromatic rings. The molecular weight excluding hydrogens is 208 g/mol. The number of sulfonamides is 1. The zero-order valence-electron chi connectivity index (χ0n) is 7.88. The lowest BCUT2D eigenvalue weighted by molar-refractivity contribution is -0.136. The Hall–Kier alpha value is -0.660. The number of nitrogens with two attached hydrogens (primary N) is 1. The van der Waals surface area contributed by atoms with Crippen LogP contribution in [0.3, 0.4) is 0 Å². The van der Waals surface area contributed by atoms with Crippen LogP contribution in [0.1, 0.15) is 13.3 Å². The summed E-state index contributed by atoms with van der Waals surface area (Å²) in [6.07, 6.45) is 0.589. The van der Waals surface area contributed by atoms with Gasteiger partial charge in [-0.3, -0.25) is 4.79 Å². The highest BCUT2D eigenvalue weighted by Crippen LogP contribution is 2.16. The standard InChI is InChI=1S/C7H14N2O4S/c1-5(7(10)11)14(12,13)9-3-2-6(8)4-9/h5-6H,2-4,8H2,1H3,(H,10,11)/t5?,6-/m0/s1. The van der Waals surface area contributed by atoms with Gasteiger partial charge in [0.15, 0.2) is 5.25 Å². The molecule has 1 aliphatic heterocycles. The van der Waals surface area contributed by atoms with Crippen LogP contribution in [-0.4, -0.2) is 48.2 Å². The van der Waals surface area contributed by atoms with E-state index in [-0.39, 0.29) is 12.6 Å². The zero-order valence-corrected chi connectivity index (χ0v) is 8.70. The maximum atomic E-state index is 11.6. The van der Waals surface area contributed by atoms with E-state index >= 15 is 0 Å². The number of carboxylic acid groups (broad SMARTS) is 1. The topological polar surface area (TPSA) is 101 Å². The van der Waals surface area contributed by atoms with Gasteiger partial charge in [-0.15, -0.1) is 0 Å². The van der Waals surface area contributed by atoms with E-state index in [4.69, 9.17) is 10.8 Å². The van der Waals surface area contributed by atoms with Crippen molar-refractivity contribution in [3.05, 3.63) is 0 Å². The Morgan fingerprint density at radius 1 is 1.64 bits per heavy atom. The molecule has 0 saturated carbocycles. The second-order valence-electron chi connectivity index (χ2n) is 3.43. The Kier molecular flexibility index (Phi) is 3.13. The number of rotatable bonds is 3. The molecule has 0 amide bonds. The maximum Gasteiger partial charge on any atom is 0.323 e. The van der Waals surface area contributed by atoms with Crippen LogP contribution < -0.4 is 5.73 Å². The molecule has 2 atom stereocenters. The van der Waals surface area contributed by atoms with Crippen molar-refractivity contribution in [2.75, 3.05) is 13.1 Å². The first-order valence-corrected chi connectivity index (χ1v) is 5.83. The van der Waals surface area contributed by atoms with E-state index in [0.29, 0.717) is 13.0 Å². The fraction of sp³-hybridized carbons (Fsp3) is 0.857. The molecule has 1 aliphatic rings. The lowest BCUT2D eigenvalue weighted by atomic mass is 10.3. The van der Waals surface area contributed by atoms with Crippen LogP contribution in [0.2, 0.25) is 0 Å². The maximum absolute atomic E-state index is 11.6. The molecule has 0 aromatic heterocycles. The summed E-state index contributed by atoms with van der Waals surface area (Å²) in [7, 11) is -3.72. The molecule has 7 heteroatoms. The summed E-state index contributed by atoms with van der Waals surface area (Å²) in [5.74, 6) is -1.33. The summed E-state index contributed by atoms with van der Waals surface area (Å²) in [6.45, 7) is 1.71. The first-order valence-electron chi connectivity index (χ1n) is 4.33. The molecule has 0 radical (unpaired) electrons. The van der Waals surface area contributed by atoms with E-state index in [1.165, 1.54) is 6.92 Å². The van der Waals surface area contributed by atoms with Gasteiger partial charge in [-0.05, 0) is 13.3 Å². The highest BCUT2D eigenvalue weighted by atomic mass is 32.2. The van der Waals surface area contributed by atoms with Gasteiger partial charge in [-0.25, -0.2) is 8.42 Å². The molecule has 1 saturated heterocycles. The molecular formula is C7H14N2O4S. The van der Waals surface area contributed by atoms with Crippen molar-refractivity contribution in [1.82, 2.24) is 4.31 Å². The Bertz CT molecular complexity index is 327. The fourth-order valence-electron chi connectivity index (χ4n) is 1.34. The van der Waals surface area contributed by atoms with Crippen LogP contribution >= 0.6 is 0 Å². The fourth-order valence-corrected chi connectivity index (χ4v) is 2.80. The van der Waals surface area contributed by atoms with Crippen molar-refractivity contribution in [3.63, 3.8) is 0 Å². The quantitative estimate of drug-likeness (QED) is 0.626. The van der Waals surface area contributed by atoms with Crippen molar-refractivity contribution in [1.29, 1.82) is 0 Å². The molecule has 0 aliphatic carbocycles. The van der Waals surface area contributed by atoms with E-state index in [9.17, 15) is 13.2 Å². The molecule has 14 heavy (non-hydrogen) atoms. The molecule has 6 nitrogen and oxygen atoms in total. The Morgan fingerprint density at radius 2 is 2.21 bits per heavy atom. The third-order valence-corrected chi connectivity index (χ3v) is 4.49. The van der Waals surface area contributed by atoms with Crippen molar-refractivity contribution in [2.45, 2.75) is 24.6 Å². The average Bonchev–Trinajstić information content (AvgIpc) is 2.50. The predicted octanol–water partition coefficient (Wildman–Crippen LogP) is -1.18. The second kappa shape index (κ2) is 3.84. The van der Waals surface area contributed by atoms with Crippen LogP contribution in [0, 0.1) is 0 Å². The summed E-state index contributed by atoms with van der Waals surface area (Å²) < 4.78 is 24.4. The van der Waals surface area contributed by atoms with Crippen LogP contribution in [-0.2, 0) is 14.8 Å². The van der Waals surface area contributed by atoms with Gasteiger partial charge in [0.1, 0.15) is 0 Å². The van der Waals surface area contributed by atoms with Gasteiger partial charge in [0.2, 0.25) is 10.0 Å². The molecule has 1 rings (SSSR count). The zero-order chi connectivity index (χ0) is 10.9. The van der Waals surface area contributed by atoms with Crippen molar-refractivity contribution in [3.8, 4) is 0 Å². The smallest absolute Gasteiger partial charge is 0.323 e. The number of carbonyl (C=O) groups is 1. The third kappa shape index (κ3) is 2.05. The average molecular weight is 222 g/mol. The van der Waals surface area contributed by atoms with Crippen LogP contribution in [0.5, 0.6) is 0 Å². The van der Waals surface area contributed by atoms with Crippen LogP contribution in [0.15, 0.2) is 0 Å². The van der Waals surface area contributed by atoms with Gasteiger partial charge < -0.3 is 10.8 Å². The van der Waals surface area contributed by atoms with Crippen molar-refractivity contribution in [2.24, 2.45) is 5.73 Å². The number of hydrogen-bond donors (Lipinski definition) is 2. The van der Waals surface area contributed by atoms with Gasteiger partial charge in [0.05, 0.1) is 0 Å². The van der Waals surface area contributed by atoms with Gasteiger partial charge >= 0.3 is 5.97 Å². The Labute approximate surface area is 82.7 Å². The van der Waals surface area contributed by atoms with E-state index in [0.717, 1.165) is 4.31 Å². The lowest BCUT2D eigenvalue weighted by Gasteiger charge is -2.18. The predicted molar refractivity (Wildman–Crippen MR) is 50.2 cm³/mol. The van der Waals surface area contributed by atoms with Crippen molar-refractivity contribution >= 4 is 16.0 Å². The van der Waals surface area contributed by atoms with Crippen LogP contribution in [0.25, 0.3) is 0 Å². The molecule has 0 bridgehead atoms. The summed E-state index contributed by atoms with van der Waals surface area (Å²) in [6, 6.07) is -0.175. The van der Waals surface area contributed by atoms with E-state index in [1.54, 1.807) is 0 Å². The van der Waals surface area contributed by atoms with Gasteiger partial charge in [0, 0.05) is 19.1 Å². The lowest BCUT2D eigenvalue weighted by Crippen LogP contribution is -2.40. The normalized spacial score (nSPS) is 26.3. The van der Waals surface area contributed by atoms with Crippen LogP contribution in [0.4, 0.5) is 0 Å². The second-order valence-corrected chi connectivity index (χ2v) is 5.69. The summed E-state index contributed by atoms with van der Waals surface area (Å²) >= 11 is 0.